The molecule has 1 fully saturated rings. The van der Waals surface area contributed by atoms with Crippen molar-refractivity contribution in [2.24, 2.45) is 5.92 Å². The molecule has 1 aromatic carbocycles. The number of anilines is 2. The van der Waals surface area contributed by atoms with E-state index in [2.05, 4.69) is 12.2 Å². The van der Waals surface area contributed by atoms with Crippen LogP contribution < -0.4 is 11.1 Å². The highest BCUT2D eigenvalue weighted by Crippen LogP contribution is 2.32. The third kappa shape index (κ3) is 5.27. The largest absolute Gasteiger partial charge is 0.399 e. The molecule has 3 nitrogen and oxygen atoms in total. The molecule has 0 radical (unpaired) electrons. The number of nitrogen functional groups attached to an aromatic ring is 1. The lowest BCUT2D eigenvalue weighted by Crippen LogP contribution is -2.17. The van der Waals surface area contributed by atoms with Crippen molar-refractivity contribution in [2.45, 2.75) is 51.2 Å². The summed E-state index contributed by atoms with van der Waals surface area (Å²) >= 11 is 1.96. The van der Waals surface area contributed by atoms with Gasteiger partial charge in [0.1, 0.15) is 0 Å². The molecule has 0 aliphatic heterocycles. The summed E-state index contributed by atoms with van der Waals surface area (Å²) in [4.78, 5) is 12.0. The third-order valence-electron chi connectivity index (χ3n) is 4.11. The maximum atomic E-state index is 12.0. The second-order valence-electron chi connectivity index (χ2n) is 6.14. The molecule has 3 N–H and O–H groups in total. The van der Waals surface area contributed by atoms with Crippen molar-refractivity contribution in [3.8, 4) is 0 Å². The van der Waals surface area contributed by atoms with E-state index in [9.17, 15) is 4.79 Å². The van der Waals surface area contributed by atoms with Gasteiger partial charge in [-0.2, -0.15) is 11.8 Å². The van der Waals surface area contributed by atoms with Crippen LogP contribution in [0.2, 0.25) is 0 Å². The molecule has 2 unspecified atom stereocenters. The smallest absolute Gasteiger partial charge is 0.225 e. The molecule has 0 saturated heterocycles. The lowest BCUT2D eigenvalue weighted by molar-refractivity contribution is -0.115. The molecule has 1 amide bonds. The molecule has 0 bridgehead atoms. The number of amides is 1. The minimum absolute atomic E-state index is 0.0834. The Balaban J connectivity index is 1.73. The number of carbonyl (C=O) groups is 1. The summed E-state index contributed by atoms with van der Waals surface area (Å²) in [7, 11) is 0. The standard InChI is InChI=1S/C17H26N2OS/c1-12-4-3-5-15(10-12)21-9-8-17(20)19-16-11-14(18)7-6-13(16)2/h6-7,11-12,15H,3-5,8-10,18H2,1-2H3,(H,19,20). The van der Waals surface area contributed by atoms with Gasteiger partial charge in [-0.15, -0.1) is 0 Å². The van der Waals surface area contributed by atoms with Crippen LogP contribution in [0, 0.1) is 12.8 Å². The van der Waals surface area contributed by atoms with Crippen LogP contribution in [0.1, 0.15) is 44.6 Å². The fourth-order valence-corrected chi connectivity index (χ4v) is 4.27. The van der Waals surface area contributed by atoms with Gasteiger partial charge in [0.05, 0.1) is 0 Å². The van der Waals surface area contributed by atoms with Crippen molar-refractivity contribution in [1.29, 1.82) is 0 Å². The van der Waals surface area contributed by atoms with E-state index in [1.54, 1.807) is 0 Å². The molecule has 21 heavy (non-hydrogen) atoms. The predicted molar refractivity (Wildman–Crippen MR) is 92.7 cm³/mol. The van der Waals surface area contributed by atoms with E-state index in [0.717, 1.165) is 28.2 Å². The number of nitrogens with two attached hydrogens (primary N) is 1. The van der Waals surface area contributed by atoms with Crippen LogP contribution in [0.4, 0.5) is 11.4 Å². The average Bonchev–Trinajstić information content (AvgIpc) is 2.43. The molecule has 4 heteroatoms. The van der Waals surface area contributed by atoms with Crippen molar-refractivity contribution in [2.75, 3.05) is 16.8 Å². The summed E-state index contributed by atoms with van der Waals surface area (Å²) in [6.07, 6.45) is 5.90. The summed E-state index contributed by atoms with van der Waals surface area (Å²) in [6.45, 7) is 4.31. The molecule has 0 spiro atoms. The van der Waals surface area contributed by atoms with E-state index in [1.165, 1.54) is 25.7 Å². The highest BCUT2D eigenvalue weighted by Gasteiger charge is 2.19. The highest BCUT2D eigenvalue weighted by atomic mass is 32.2. The van der Waals surface area contributed by atoms with Crippen LogP contribution >= 0.6 is 11.8 Å². The minimum Gasteiger partial charge on any atom is -0.399 e. The maximum absolute atomic E-state index is 12.0. The van der Waals surface area contributed by atoms with Gasteiger partial charge in [-0.05, 0) is 43.4 Å². The van der Waals surface area contributed by atoms with Gasteiger partial charge in [0.2, 0.25) is 5.91 Å². The number of rotatable bonds is 5. The van der Waals surface area contributed by atoms with Gasteiger partial charge in [0.15, 0.2) is 0 Å². The monoisotopic (exact) mass is 306 g/mol. The number of thioether (sulfide) groups is 1. The van der Waals surface area contributed by atoms with Crippen molar-refractivity contribution in [3.05, 3.63) is 23.8 Å². The summed E-state index contributed by atoms with van der Waals surface area (Å²) in [6, 6.07) is 5.61. The SMILES string of the molecule is Cc1ccc(N)cc1NC(=O)CCSC1CCCC(C)C1. The average molecular weight is 306 g/mol. The van der Waals surface area contributed by atoms with E-state index in [-0.39, 0.29) is 5.91 Å². The van der Waals surface area contributed by atoms with Crippen LogP contribution in [0.5, 0.6) is 0 Å². The zero-order valence-corrected chi connectivity index (χ0v) is 13.8. The molecule has 1 aliphatic rings. The summed E-state index contributed by atoms with van der Waals surface area (Å²) in [5.41, 5.74) is 8.32. The van der Waals surface area contributed by atoms with Gasteiger partial charge in [-0.3, -0.25) is 4.79 Å². The molecule has 0 aromatic heterocycles. The summed E-state index contributed by atoms with van der Waals surface area (Å²) in [5, 5.41) is 3.71. The minimum atomic E-state index is 0.0834. The normalized spacial score (nSPS) is 22.0. The first kappa shape index (κ1) is 16.2. The molecule has 116 valence electrons. The van der Waals surface area contributed by atoms with Crippen LogP contribution in [0.15, 0.2) is 18.2 Å². The first-order valence-electron chi connectivity index (χ1n) is 7.82. The fraction of sp³-hybridized carbons (Fsp3) is 0.588. The zero-order valence-electron chi connectivity index (χ0n) is 13.0. The Morgan fingerprint density at radius 1 is 1.43 bits per heavy atom. The Bertz CT molecular complexity index is 490. The summed E-state index contributed by atoms with van der Waals surface area (Å²) < 4.78 is 0. The zero-order chi connectivity index (χ0) is 15.2. The highest BCUT2D eigenvalue weighted by molar-refractivity contribution is 7.99. The Morgan fingerprint density at radius 3 is 3.00 bits per heavy atom. The molecule has 2 rings (SSSR count). The molecule has 2 atom stereocenters. The fourth-order valence-electron chi connectivity index (χ4n) is 2.84. The van der Waals surface area contributed by atoms with Gasteiger partial charge in [0, 0.05) is 28.8 Å². The van der Waals surface area contributed by atoms with Crippen LogP contribution in [-0.4, -0.2) is 16.9 Å². The quantitative estimate of drug-likeness (QED) is 0.801. The van der Waals surface area contributed by atoms with Crippen molar-refractivity contribution in [1.82, 2.24) is 0 Å². The van der Waals surface area contributed by atoms with Gasteiger partial charge in [0.25, 0.3) is 0 Å². The number of aryl methyl sites for hydroxylation is 1. The second-order valence-corrected chi connectivity index (χ2v) is 7.55. The number of carbonyl (C=O) groups excluding carboxylic acids is 1. The first-order valence-corrected chi connectivity index (χ1v) is 8.87. The van der Waals surface area contributed by atoms with Gasteiger partial charge in [-0.25, -0.2) is 0 Å². The Hall–Kier alpha value is -1.16. The van der Waals surface area contributed by atoms with Gasteiger partial charge >= 0.3 is 0 Å². The molecular weight excluding hydrogens is 280 g/mol. The molecule has 1 aromatic rings. The number of nitrogens with one attached hydrogen (secondary N) is 1. The third-order valence-corrected chi connectivity index (χ3v) is 5.45. The maximum Gasteiger partial charge on any atom is 0.225 e. The van der Waals surface area contributed by atoms with E-state index in [0.29, 0.717) is 12.1 Å². The van der Waals surface area contributed by atoms with Gasteiger partial charge < -0.3 is 11.1 Å². The molecule has 1 aliphatic carbocycles. The van der Waals surface area contributed by atoms with E-state index in [4.69, 9.17) is 5.73 Å². The van der Waals surface area contributed by atoms with Crippen molar-refractivity contribution in [3.63, 3.8) is 0 Å². The summed E-state index contributed by atoms with van der Waals surface area (Å²) in [5.74, 6) is 1.84. The Kier molecular flexibility index (Phi) is 5.97. The molecule has 0 heterocycles. The molecular formula is C17H26N2OS. The first-order chi connectivity index (χ1) is 10.0. The van der Waals surface area contributed by atoms with Gasteiger partial charge in [-0.1, -0.05) is 25.8 Å². The number of benzene rings is 1. The lowest BCUT2D eigenvalue weighted by Gasteiger charge is -2.26. The van der Waals surface area contributed by atoms with E-state index >= 15 is 0 Å². The molecule has 1 saturated carbocycles. The number of hydrogen-bond acceptors (Lipinski definition) is 3. The van der Waals surface area contributed by atoms with Crippen LogP contribution in [-0.2, 0) is 4.79 Å². The Morgan fingerprint density at radius 2 is 2.24 bits per heavy atom. The lowest BCUT2D eigenvalue weighted by atomic mass is 9.91. The van der Waals surface area contributed by atoms with Crippen LogP contribution in [0.3, 0.4) is 0 Å². The topological polar surface area (TPSA) is 55.1 Å². The number of hydrogen-bond donors (Lipinski definition) is 2. The van der Waals surface area contributed by atoms with E-state index < -0.39 is 0 Å². The van der Waals surface area contributed by atoms with Crippen molar-refractivity contribution < 1.29 is 4.79 Å². The van der Waals surface area contributed by atoms with Crippen molar-refractivity contribution >= 4 is 29.0 Å². The predicted octanol–water partition coefficient (Wildman–Crippen LogP) is 4.22. The van der Waals surface area contributed by atoms with E-state index in [1.807, 2.05) is 36.9 Å². The second kappa shape index (κ2) is 7.74. The Labute approximate surface area is 132 Å². The van der Waals surface area contributed by atoms with Crippen LogP contribution in [0.25, 0.3) is 0 Å².